The van der Waals surface area contributed by atoms with Crippen LogP contribution in [0, 0.1) is 4.91 Å². The van der Waals surface area contributed by atoms with Crippen molar-refractivity contribution in [2.24, 2.45) is 5.18 Å². The van der Waals surface area contributed by atoms with Crippen molar-refractivity contribution in [1.29, 1.82) is 0 Å². The van der Waals surface area contributed by atoms with Crippen molar-refractivity contribution in [2.45, 2.75) is 58.4 Å². The van der Waals surface area contributed by atoms with E-state index in [9.17, 15) is 4.91 Å². The van der Waals surface area contributed by atoms with Gasteiger partial charge in [0, 0.05) is 0 Å². The van der Waals surface area contributed by atoms with Crippen LogP contribution >= 0.6 is 0 Å². The molecule has 0 saturated carbocycles. The Labute approximate surface area is 69.4 Å². The molecule has 11 heavy (non-hydrogen) atoms. The zero-order valence-electron chi connectivity index (χ0n) is 7.68. The van der Waals surface area contributed by atoms with Gasteiger partial charge in [0.1, 0.15) is 0 Å². The Kier molecular flexibility index (Phi) is 7.42. The van der Waals surface area contributed by atoms with Crippen LogP contribution in [-0.4, -0.2) is 6.04 Å². The van der Waals surface area contributed by atoms with Crippen LogP contribution in [0.5, 0.6) is 0 Å². The van der Waals surface area contributed by atoms with E-state index in [0.29, 0.717) is 0 Å². The number of nitrogens with zero attached hydrogens (tertiary/aromatic N) is 1. The largest absolute Gasteiger partial charge is 0.151 e. The van der Waals surface area contributed by atoms with E-state index in [1.807, 2.05) is 0 Å². The second-order valence-electron chi connectivity index (χ2n) is 3.04. The third-order valence-corrected chi connectivity index (χ3v) is 1.91. The summed E-state index contributed by atoms with van der Waals surface area (Å²) in [6.45, 7) is 4.27. The fourth-order valence-corrected chi connectivity index (χ4v) is 1.21. The average molecular weight is 157 g/mol. The first-order valence-electron chi connectivity index (χ1n) is 4.67. The third kappa shape index (κ3) is 6.02. The Morgan fingerprint density at radius 2 is 1.82 bits per heavy atom. The van der Waals surface area contributed by atoms with Crippen molar-refractivity contribution >= 4 is 0 Å². The Hall–Kier alpha value is -0.400. The molecule has 0 rings (SSSR count). The molecule has 0 aliphatic rings. The molecule has 0 aliphatic heterocycles. The van der Waals surface area contributed by atoms with Crippen molar-refractivity contribution in [2.75, 3.05) is 0 Å². The van der Waals surface area contributed by atoms with Gasteiger partial charge in [-0.15, -0.1) is 0 Å². The summed E-state index contributed by atoms with van der Waals surface area (Å²) in [6.07, 6.45) is 6.64. The van der Waals surface area contributed by atoms with Crippen LogP contribution < -0.4 is 0 Å². The average Bonchev–Trinajstić information content (AvgIpc) is 2.03. The monoisotopic (exact) mass is 157 g/mol. The first-order valence-corrected chi connectivity index (χ1v) is 4.67. The first kappa shape index (κ1) is 10.6. The summed E-state index contributed by atoms with van der Waals surface area (Å²) in [5.41, 5.74) is 0. The summed E-state index contributed by atoms with van der Waals surface area (Å²) in [7, 11) is 0. The Morgan fingerprint density at radius 1 is 1.09 bits per heavy atom. The molecule has 66 valence electrons. The Morgan fingerprint density at radius 3 is 2.27 bits per heavy atom. The van der Waals surface area contributed by atoms with E-state index in [1.54, 1.807) is 0 Å². The maximum atomic E-state index is 10.2. The quantitative estimate of drug-likeness (QED) is 0.411. The molecule has 0 aliphatic carbocycles. The molecule has 0 aromatic heterocycles. The van der Waals surface area contributed by atoms with Crippen LogP contribution in [-0.2, 0) is 0 Å². The fourth-order valence-electron chi connectivity index (χ4n) is 1.21. The maximum absolute atomic E-state index is 10.2. The predicted octanol–water partition coefficient (Wildman–Crippen LogP) is 3.50. The van der Waals surface area contributed by atoms with Gasteiger partial charge >= 0.3 is 0 Å². The summed E-state index contributed by atoms with van der Waals surface area (Å²) in [4.78, 5) is 10.2. The molecule has 0 N–H and O–H groups in total. The van der Waals surface area contributed by atoms with Gasteiger partial charge in [0.2, 0.25) is 0 Å². The van der Waals surface area contributed by atoms with Crippen LogP contribution in [0.2, 0.25) is 0 Å². The molecule has 0 spiro atoms. The highest BCUT2D eigenvalue weighted by atomic mass is 16.3. The highest BCUT2D eigenvalue weighted by Gasteiger charge is 2.05. The van der Waals surface area contributed by atoms with Crippen LogP contribution in [0.25, 0.3) is 0 Å². The molecule has 0 heterocycles. The topological polar surface area (TPSA) is 29.4 Å². The third-order valence-electron chi connectivity index (χ3n) is 1.91. The zero-order chi connectivity index (χ0) is 8.53. The van der Waals surface area contributed by atoms with E-state index in [2.05, 4.69) is 19.0 Å². The summed E-state index contributed by atoms with van der Waals surface area (Å²) in [5, 5.41) is 3.10. The van der Waals surface area contributed by atoms with E-state index in [-0.39, 0.29) is 6.04 Å². The molecule has 0 aromatic carbocycles. The van der Waals surface area contributed by atoms with Gasteiger partial charge in [-0.1, -0.05) is 44.7 Å². The molecule has 0 bridgehead atoms. The molecule has 2 nitrogen and oxygen atoms in total. The van der Waals surface area contributed by atoms with Crippen LogP contribution in [0.3, 0.4) is 0 Å². The minimum absolute atomic E-state index is 0.0894. The van der Waals surface area contributed by atoms with Crippen molar-refractivity contribution in [3.05, 3.63) is 4.91 Å². The van der Waals surface area contributed by atoms with Crippen molar-refractivity contribution in [1.82, 2.24) is 0 Å². The summed E-state index contributed by atoms with van der Waals surface area (Å²) >= 11 is 0. The lowest BCUT2D eigenvalue weighted by molar-refractivity contribution is 0.523. The molecule has 0 amide bonds. The molecule has 1 atom stereocenters. The molecular weight excluding hydrogens is 138 g/mol. The number of unbranched alkanes of at least 4 members (excludes halogenated alkanes) is 2. The van der Waals surface area contributed by atoms with Gasteiger partial charge in [0.15, 0.2) is 0 Å². The van der Waals surface area contributed by atoms with Gasteiger partial charge in [-0.2, -0.15) is 4.91 Å². The lowest BCUT2D eigenvalue weighted by Crippen LogP contribution is -2.02. The minimum atomic E-state index is 0.0894. The van der Waals surface area contributed by atoms with Crippen LogP contribution in [0.1, 0.15) is 52.4 Å². The van der Waals surface area contributed by atoms with E-state index >= 15 is 0 Å². The van der Waals surface area contributed by atoms with Crippen LogP contribution in [0.15, 0.2) is 5.18 Å². The predicted molar refractivity (Wildman–Crippen MR) is 48.6 cm³/mol. The van der Waals surface area contributed by atoms with Gasteiger partial charge < -0.3 is 0 Å². The molecule has 0 radical (unpaired) electrons. The summed E-state index contributed by atoms with van der Waals surface area (Å²) in [6, 6.07) is 0.0894. The van der Waals surface area contributed by atoms with E-state index < -0.39 is 0 Å². The Balaban J connectivity index is 3.28. The molecule has 1 unspecified atom stereocenters. The van der Waals surface area contributed by atoms with Gasteiger partial charge in [-0.05, 0) is 12.8 Å². The maximum Gasteiger partial charge on any atom is 0.0919 e. The van der Waals surface area contributed by atoms with Gasteiger partial charge in [-0.25, -0.2) is 0 Å². The lowest BCUT2D eigenvalue weighted by atomic mass is 10.1. The summed E-state index contributed by atoms with van der Waals surface area (Å²) in [5.74, 6) is 0. The SMILES string of the molecule is CCCCCC(CCC)N=O. The molecular formula is C9H19NO. The zero-order valence-corrected chi connectivity index (χ0v) is 7.68. The van der Waals surface area contributed by atoms with Crippen molar-refractivity contribution in [3.63, 3.8) is 0 Å². The highest BCUT2D eigenvalue weighted by Crippen LogP contribution is 2.10. The van der Waals surface area contributed by atoms with E-state index in [1.165, 1.54) is 12.8 Å². The lowest BCUT2D eigenvalue weighted by Gasteiger charge is -2.05. The van der Waals surface area contributed by atoms with Gasteiger partial charge in [-0.3, -0.25) is 0 Å². The van der Waals surface area contributed by atoms with Crippen LogP contribution in [0.4, 0.5) is 0 Å². The number of hydrogen-bond donors (Lipinski definition) is 0. The first-order chi connectivity index (χ1) is 5.35. The normalized spacial score (nSPS) is 12.9. The number of rotatable bonds is 7. The molecule has 0 aromatic rings. The van der Waals surface area contributed by atoms with Crippen molar-refractivity contribution < 1.29 is 0 Å². The number of hydrogen-bond acceptors (Lipinski definition) is 2. The molecule has 0 saturated heterocycles. The second-order valence-corrected chi connectivity index (χ2v) is 3.04. The van der Waals surface area contributed by atoms with Crippen molar-refractivity contribution in [3.8, 4) is 0 Å². The standard InChI is InChI=1S/C9H19NO/c1-3-5-6-8-9(10-11)7-4-2/h9H,3-8H2,1-2H3. The van der Waals surface area contributed by atoms with E-state index in [0.717, 1.165) is 25.7 Å². The van der Waals surface area contributed by atoms with E-state index in [4.69, 9.17) is 0 Å². The summed E-state index contributed by atoms with van der Waals surface area (Å²) < 4.78 is 0. The van der Waals surface area contributed by atoms with Gasteiger partial charge in [0.25, 0.3) is 0 Å². The number of nitroso groups, excluding NO2 is 1. The molecule has 2 heteroatoms. The Bertz CT molecular complexity index is 93.6. The smallest absolute Gasteiger partial charge is 0.0919 e. The van der Waals surface area contributed by atoms with Gasteiger partial charge in [0.05, 0.1) is 6.04 Å². The minimum Gasteiger partial charge on any atom is -0.151 e. The fraction of sp³-hybridized carbons (Fsp3) is 1.00. The molecule has 0 fully saturated rings. The second kappa shape index (κ2) is 7.70. The highest BCUT2D eigenvalue weighted by molar-refractivity contribution is 4.64.